The molecule has 2 rings (SSSR count). The Hall–Kier alpha value is -1.67. The molecule has 0 spiro atoms. The number of esters is 1. The van der Waals surface area contributed by atoms with Crippen LogP contribution in [0, 0.1) is 6.92 Å². The van der Waals surface area contributed by atoms with Gasteiger partial charge in [0.15, 0.2) is 0 Å². The van der Waals surface area contributed by atoms with E-state index in [1.807, 2.05) is 6.92 Å². The van der Waals surface area contributed by atoms with E-state index in [9.17, 15) is 9.59 Å². The highest BCUT2D eigenvalue weighted by molar-refractivity contribution is 9.10. The fourth-order valence-corrected chi connectivity index (χ4v) is 2.95. The Balaban J connectivity index is 2.15. The zero-order chi connectivity index (χ0) is 15.4. The quantitative estimate of drug-likeness (QED) is 0.815. The number of carbonyl (C=O) groups excluding carboxylic acids is 1. The predicted molar refractivity (Wildman–Crippen MR) is 84.6 cm³/mol. The highest BCUT2D eigenvalue weighted by Gasteiger charge is 2.12. The second-order valence-electron chi connectivity index (χ2n) is 4.34. The van der Waals surface area contributed by atoms with Crippen LogP contribution in [-0.2, 0) is 22.6 Å². The van der Waals surface area contributed by atoms with Crippen molar-refractivity contribution in [2.75, 3.05) is 12.4 Å². The van der Waals surface area contributed by atoms with Gasteiger partial charge in [-0.05, 0) is 44.7 Å². The van der Waals surface area contributed by atoms with E-state index in [4.69, 9.17) is 0 Å². The second-order valence-corrected chi connectivity index (χ2v) is 5.88. The van der Waals surface area contributed by atoms with Crippen molar-refractivity contribution in [3.8, 4) is 0 Å². The lowest BCUT2D eigenvalue weighted by molar-refractivity contribution is -0.141. The van der Waals surface area contributed by atoms with Crippen LogP contribution in [0.15, 0.2) is 26.2 Å². The molecule has 0 atom stereocenters. The molecule has 8 heteroatoms. The molecule has 112 valence electrons. The van der Waals surface area contributed by atoms with Crippen LogP contribution >= 0.6 is 27.3 Å². The summed E-state index contributed by atoms with van der Waals surface area (Å²) in [5.41, 5.74) is 2.58. The van der Waals surface area contributed by atoms with Crippen LogP contribution in [-0.4, -0.2) is 22.9 Å². The molecule has 1 N–H and O–H groups in total. The Morgan fingerprint density at radius 2 is 2.29 bits per heavy atom. The van der Waals surface area contributed by atoms with Crippen molar-refractivity contribution in [3.05, 3.63) is 42.9 Å². The van der Waals surface area contributed by atoms with Gasteiger partial charge in [0.2, 0.25) is 0 Å². The maximum Gasteiger partial charge on any atom is 0.327 e. The van der Waals surface area contributed by atoms with Crippen molar-refractivity contribution in [1.29, 1.82) is 0 Å². The first kappa shape index (κ1) is 15.7. The van der Waals surface area contributed by atoms with Gasteiger partial charge in [0.25, 0.3) is 5.56 Å². The van der Waals surface area contributed by atoms with Crippen LogP contribution in [0.4, 0.5) is 5.69 Å². The number of methoxy groups -OCH3 is 1. The summed E-state index contributed by atoms with van der Waals surface area (Å²) in [5, 5.41) is 11.2. The average Bonchev–Trinajstić information content (AvgIpc) is 2.88. The molecule has 2 aromatic heterocycles. The minimum absolute atomic E-state index is 0.210. The van der Waals surface area contributed by atoms with Gasteiger partial charge < -0.3 is 10.1 Å². The van der Waals surface area contributed by atoms with Crippen LogP contribution in [0.3, 0.4) is 0 Å². The van der Waals surface area contributed by atoms with Gasteiger partial charge in [-0.25, -0.2) is 4.68 Å². The number of ether oxygens (including phenoxy) is 1. The number of anilines is 1. The Kier molecular flexibility index (Phi) is 5.13. The molecular weight excluding hydrogens is 358 g/mol. The monoisotopic (exact) mass is 371 g/mol. The van der Waals surface area contributed by atoms with Crippen molar-refractivity contribution in [3.63, 3.8) is 0 Å². The first-order chi connectivity index (χ1) is 10.0. The zero-order valence-corrected chi connectivity index (χ0v) is 14.0. The molecule has 0 saturated heterocycles. The van der Waals surface area contributed by atoms with Crippen LogP contribution in [0.1, 0.15) is 11.1 Å². The van der Waals surface area contributed by atoms with E-state index in [-0.39, 0.29) is 12.1 Å². The largest absolute Gasteiger partial charge is 0.468 e. The number of aryl methyl sites for hydroxylation is 1. The lowest BCUT2D eigenvalue weighted by Crippen LogP contribution is -2.28. The summed E-state index contributed by atoms with van der Waals surface area (Å²) >= 11 is 4.88. The molecule has 0 amide bonds. The van der Waals surface area contributed by atoms with Gasteiger partial charge in [-0.3, -0.25) is 9.59 Å². The average molecular weight is 372 g/mol. The highest BCUT2D eigenvalue weighted by atomic mass is 79.9. The number of hydrogen-bond donors (Lipinski definition) is 1. The summed E-state index contributed by atoms with van der Waals surface area (Å²) in [7, 11) is 1.27. The first-order valence-corrected chi connectivity index (χ1v) is 7.84. The van der Waals surface area contributed by atoms with Crippen molar-refractivity contribution >= 4 is 38.9 Å². The molecule has 0 bridgehead atoms. The van der Waals surface area contributed by atoms with Crippen LogP contribution < -0.4 is 10.9 Å². The molecule has 0 aliphatic rings. The van der Waals surface area contributed by atoms with Crippen molar-refractivity contribution in [2.24, 2.45) is 0 Å². The van der Waals surface area contributed by atoms with E-state index in [0.29, 0.717) is 16.7 Å². The molecule has 2 heterocycles. The molecule has 0 saturated carbocycles. The standard InChI is InChI=1S/C13H14BrN3O3S/c1-8-6-21-7-9(8)3-15-10-4-16-17(5-11(18)20-2)13(19)12(10)14/h4,6-7,15H,3,5H2,1-2H3. The van der Waals surface area contributed by atoms with Gasteiger partial charge in [-0.15, -0.1) is 0 Å². The van der Waals surface area contributed by atoms with E-state index >= 15 is 0 Å². The maximum absolute atomic E-state index is 12.1. The van der Waals surface area contributed by atoms with Crippen molar-refractivity contribution in [2.45, 2.75) is 20.0 Å². The molecule has 0 aromatic carbocycles. The molecular formula is C13H14BrN3O3S. The SMILES string of the molecule is COC(=O)Cn1ncc(NCc2cscc2C)c(Br)c1=O. The van der Waals surface area contributed by atoms with Crippen LogP contribution in [0.5, 0.6) is 0 Å². The number of halogens is 1. The molecule has 21 heavy (non-hydrogen) atoms. The molecule has 0 aliphatic heterocycles. The molecule has 6 nitrogen and oxygen atoms in total. The third-order valence-corrected chi connectivity index (χ3v) is 4.60. The topological polar surface area (TPSA) is 73.2 Å². The molecule has 0 aliphatic carbocycles. The first-order valence-electron chi connectivity index (χ1n) is 6.11. The van der Waals surface area contributed by atoms with Crippen LogP contribution in [0.2, 0.25) is 0 Å². The Morgan fingerprint density at radius 3 is 2.90 bits per heavy atom. The molecule has 0 unspecified atom stereocenters. The molecule has 2 aromatic rings. The van der Waals surface area contributed by atoms with Gasteiger partial charge in [0.05, 0.1) is 19.0 Å². The number of carbonyl (C=O) groups is 1. The number of nitrogens with zero attached hydrogens (tertiary/aromatic N) is 2. The van der Waals surface area contributed by atoms with E-state index in [1.54, 1.807) is 11.3 Å². The minimum atomic E-state index is -0.522. The van der Waals surface area contributed by atoms with Crippen molar-refractivity contribution in [1.82, 2.24) is 9.78 Å². The summed E-state index contributed by atoms with van der Waals surface area (Å²) in [4.78, 5) is 23.3. The van der Waals surface area contributed by atoms with Gasteiger partial charge in [-0.1, -0.05) is 0 Å². The summed E-state index contributed by atoms with van der Waals surface area (Å²) in [6.45, 7) is 2.43. The molecule has 0 fully saturated rings. The summed E-state index contributed by atoms with van der Waals surface area (Å²) in [5.74, 6) is -0.522. The molecule has 0 radical (unpaired) electrons. The highest BCUT2D eigenvalue weighted by Crippen LogP contribution is 2.19. The van der Waals surface area contributed by atoms with E-state index in [2.05, 4.69) is 41.8 Å². The fourth-order valence-electron chi connectivity index (χ4n) is 1.65. The maximum atomic E-state index is 12.1. The van der Waals surface area contributed by atoms with Gasteiger partial charge in [0.1, 0.15) is 11.0 Å². The minimum Gasteiger partial charge on any atom is -0.468 e. The number of hydrogen-bond acceptors (Lipinski definition) is 6. The van der Waals surface area contributed by atoms with Gasteiger partial charge in [-0.2, -0.15) is 16.4 Å². The Bertz CT molecular complexity index is 711. The van der Waals surface area contributed by atoms with E-state index < -0.39 is 5.97 Å². The van der Waals surface area contributed by atoms with Gasteiger partial charge >= 0.3 is 5.97 Å². The number of nitrogens with one attached hydrogen (secondary N) is 1. The number of rotatable bonds is 5. The number of aromatic nitrogens is 2. The lowest BCUT2D eigenvalue weighted by Gasteiger charge is -2.10. The summed E-state index contributed by atoms with van der Waals surface area (Å²) in [6.07, 6.45) is 1.51. The third-order valence-electron chi connectivity index (χ3n) is 2.92. The number of thiophene rings is 1. The smallest absolute Gasteiger partial charge is 0.327 e. The normalized spacial score (nSPS) is 10.4. The summed E-state index contributed by atoms with van der Waals surface area (Å²) < 4.78 is 5.91. The van der Waals surface area contributed by atoms with Crippen molar-refractivity contribution < 1.29 is 9.53 Å². The third kappa shape index (κ3) is 3.70. The van der Waals surface area contributed by atoms with Crippen LogP contribution in [0.25, 0.3) is 0 Å². The summed E-state index contributed by atoms with van der Waals surface area (Å²) in [6, 6.07) is 0. The van der Waals surface area contributed by atoms with E-state index in [1.165, 1.54) is 24.4 Å². The second kappa shape index (κ2) is 6.86. The van der Waals surface area contributed by atoms with Gasteiger partial charge in [0, 0.05) is 6.54 Å². The Morgan fingerprint density at radius 1 is 1.52 bits per heavy atom. The fraction of sp³-hybridized carbons (Fsp3) is 0.308. The predicted octanol–water partition coefficient (Wildman–Crippen LogP) is 2.16. The lowest BCUT2D eigenvalue weighted by atomic mass is 10.2. The van der Waals surface area contributed by atoms with E-state index in [0.717, 1.165) is 4.68 Å². The zero-order valence-electron chi connectivity index (χ0n) is 11.6. The Labute approximate surface area is 133 Å².